The van der Waals surface area contributed by atoms with Crippen LogP contribution in [0.3, 0.4) is 0 Å². The molecule has 2 heterocycles. The number of aliphatic hydroxyl groups is 8. The number of aliphatic hydroxyl groups excluding tert-OH is 8. The van der Waals surface area contributed by atoms with Crippen LogP contribution in [0.4, 0.5) is 0 Å². The van der Waals surface area contributed by atoms with Crippen molar-refractivity contribution in [2.45, 2.75) is 280 Å². The molecule has 0 aromatic carbocycles. The lowest BCUT2D eigenvalue weighted by Crippen LogP contribution is -2.65. The van der Waals surface area contributed by atoms with Gasteiger partial charge in [-0.15, -0.1) is 0 Å². The third kappa shape index (κ3) is 27.1. The fourth-order valence-electron chi connectivity index (χ4n) is 8.83. The Balaban J connectivity index is 1.83. The fourth-order valence-corrected chi connectivity index (χ4v) is 8.83. The lowest BCUT2D eigenvalue weighted by molar-refractivity contribution is -0.359. The zero-order chi connectivity index (χ0) is 49.6. The van der Waals surface area contributed by atoms with Gasteiger partial charge in [-0.1, -0.05) is 179 Å². The highest BCUT2D eigenvalue weighted by Gasteiger charge is 2.51. The van der Waals surface area contributed by atoms with Crippen molar-refractivity contribution >= 4 is 5.91 Å². The Morgan fingerprint density at radius 1 is 0.515 bits per heavy atom. The maximum atomic E-state index is 13.2. The van der Waals surface area contributed by atoms with Gasteiger partial charge in [-0.2, -0.15) is 0 Å². The summed E-state index contributed by atoms with van der Waals surface area (Å²) in [5.74, 6) is -0.259. The van der Waals surface area contributed by atoms with E-state index in [-0.39, 0.29) is 18.9 Å². The van der Waals surface area contributed by atoms with E-state index in [1.807, 2.05) is 6.08 Å². The molecule has 0 aromatic heterocycles. The fraction of sp³-hybridized carbons (Fsp3) is 0.870. The number of hydrogen-bond donors (Lipinski definition) is 9. The quantitative estimate of drug-likeness (QED) is 0.0210. The van der Waals surface area contributed by atoms with E-state index in [1.54, 1.807) is 6.08 Å². The number of carbonyl (C=O) groups excluding carboxylic acids is 1. The van der Waals surface area contributed by atoms with Gasteiger partial charge >= 0.3 is 0 Å². The Labute approximate surface area is 411 Å². The number of allylic oxidation sites excluding steroid dienone is 5. The molecule has 0 aliphatic carbocycles. The highest BCUT2D eigenvalue weighted by Crippen LogP contribution is 2.30. The Morgan fingerprint density at radius 2 is 0.941 bits per heavy atom. The van der Waals surface area contributed by atoms with Gasteiger partial charge in [0.25, 0.3) is 0 Å². The highest BCUT2D eigenvalue weighted by atomic mass is 16.7. The summed E-state index contributed by atoms with van der Waals surface area (Å²) in [5, 5.41) is 86.8. The minimum Gasteiger partial charge on any atom is -0.394 e. The van der Waals surface area contributed by atoms with Gasteiger partial charge in [0, 0.05) is 6.42 Å². The molecule has 398 valence electrons. The molecule has 14 nitrogen and oxygen atoms in total. The van der Waals surface area contributed by atoms with Crippen molar-refractivity contribution in [3.05, 3.63) is 36.5 Å². The second kappa shape index (κ2) is 40.8. The first-order valence-electron chi connectivity index (χ1n) is 27.2. The van der Waals surface area contributed by atoms with E-state index >= 15 is 0 Å². The molecule has 2 fully saturated rings. The van der Waals surface area contributed by atoms with Gasteiger partial charge in [0.2, 0.25) is 5.91 Å². The van der Waals surface area contributed by atoms with Crippen molar-refractivity contribution < 1.29 is 64.6 Å². The van der Waals surface area contributed by atoms with Gasteiger partial charge in [-0.3, -0.25) is 4.79 Å². The minimum atomic E-state index is -1.79. The van der Waals surface area contributed by atoms with Crippen LogP contribution in [0.2, 0.25) is 0 Å². The van der Waals surface area contributed by atoms with Crippen LogP contribution < -0.4 is 5.32 Å². The van der Waals surface area contributed by atoms with Gasteiger partial charge in [0.1, 0.15) is 48.8 Å². The molecule has 1 amide bonds. The van der Waals surface area contributed by atoms with Crippen molar-refractivity contribution in [1.82, 2.24) is 5.32 Å². The van der Waals surface area contributed by atoms with E-state index in [1.165, 1.54) is 122 Å². The van der Waals surface area contributed by atoms with Crippen molar-refractivity contribution in [3.8, 4) is 0 Å². The molecule has 0 saturated carbocycles. The molecule has 12 unspecified atom stereocenters. The van der Waals surface area contributed by atoms with Crippen molar-refractivity contribution in [2.24, 2.45) is 0 Å². The summed E-state index contributed by atoms with van der Waals surface area (Å²) in [6.45, 7) is 2.75. The molecule has 12 atom stereocenters. The number of amides is 1. The van der Waals surface area contributed by atoms with Gasteiger partial charge in [0.15, 0.2) is 12.6 Å². The van der Waals surface area contributed by atoms with Gasteiger partial charge in [0.05, 0.1) is 32.0 Å². The predicted octanol–water partition coefficient (Wildman–Crippen LogP) is 7.88. The lowest BCUT2D eigenvalue weighted by atomic mass is 9.97. The summed E-state index contributed by atoms with van der Waals surface area (Å²) in [6.07, 6.45) is 30.5. The summed E-state index contributed by atoms with van der Waals surface area (Å²) in [5.41, 5.74) is 0. The number of ether oxygens (including phenoxy) is 4. The van der Waals surface area contributed by atoms with Crippen LogP contribution in [0.15, 0.2) is 36.5 Å². The molecule has 2 aliphatic heterocycles. The van der Waals surface area contributed by atoms with E-state index in [0.717, 1.165) is 51.4 Å². The smallest absolute Gasteiger partial charge is 0.220 e. The van der Waals surface area contributed by atoms with Crippen molar-refractivity contribution in [2.75, 3.05) is 19.8 Å². The molecule has 0 radical (unpaired) electrons. The van der Waals surface area contributed by atoms with E-state index in [2.05, 4.69) is 43.5 Å². The van der Waals surface area contributed by atoms with Gasteiger partial charge < -0.3 is 65.1 Å². The van der Waals surface area contributed by atoms with Crippen molar-refractivity contribution in [1.29, 1.82) is 0 Å². The number of rotatable bonds is 42. The van der Waals surface area contributed by atoms with Crippen LogP contribution in [0.1, 0.15) is 206 Å². The third-order valence-electron chi connectivity index (χ3n) is 13.3. The predicted molar refractivity (Wildman–Crippen MR) is 268 cm³/mol. The summed E-state index contributed by atoms with van der Waals surface area (Å²) < 4.78 is 22.7. The summed E-state index contributed by atoms with van der Waals surface area (Å²) >= 11 is 0. The molecule has 14 heteroatoms. The molecule has 2 rings (SSSR count). The van der Waals surface area contributed by atoms with Crippen LogP contribution in [0, 0.1) is 0 Å². The van der Waals surface area contributed by atoms with Crippen LogP contribution in [-0.4, -0.2) is 140 Å². The lowest BCUT2D eigenvalue weighted by Gasteiger charge is -2.46. The molecule has 2 aliphatic rings. The maximum absolute atomic E-state index is 13.2. The molecule has 0 aromatic rings. The molecule has 0 bridgehead atoms. The van der Waals surface area contributed by atoms with Crippen LogP contribution in [-0.2, 0) is 23.7 Å². The Hall–Kier alpha value is -1.79. The molecule has 9 N–H and O–H groups in total. The molecule has 0 spiro atoms. The zero-order valence-electron chi connectivity index (χ0n) is 42.3. The Bertz CT molecular complexity index is 1280. The zero-order valence-corrected chi connectivity index (χ0v) is 42.3. The first-order valence-corrected chi connectivity index (χ1v) is 27.2. The van der Waals surface area contributed by atoms with E-state index in [0.29, 0.717) is 12.8 Å². The van der Waals surface area contributed by atoms with Crippen LogP contribution in [0.25, 0.3) is 0 Å². The molecular formula is C54H99NO13. The Kier molecular flexibility index (Phi) is 37.4. The van der Waals surface area contributed by atoms with Gasteiger partial charge in [-0.25, -0.2) is 0 Å². The second-order valence-corrected chi connectivity index (χ2v) is 19.3. The average molecular weight is 970 g/mol. The number of hydrogen-bond acceptors (Lipinski definition) is 13. The average Bonchev–Trinajstić information content (AvgIpc) is 3.34. The summed E-state index contributed by atoms with van der Waals surface area (Å²) in [4.78, 5) is 13.2. The molecule has 2 saturated heterocycles. The largest absolute Gasteiger partial charge is 0.394 e. The number of carbonyl (C=O) groups is 1. The minimum absolute atomic E-state index is 0.259. The first-order chi connectivity index (χ1) is 33.1. The van der Waals surface area contributed by atoms with E-state index in [9.17, 15) is 45.6 Å². The standard InChI is InChI=1S/C54H99NO13/c1-3-5-7-9-11-13-15-17-18-19-20-21-22-23-24-26-27-29-31-33-35-37-43(58)42(55-46(59)38-36-34-32-30-28-25-16-14-12-10-8-6-4-2)41-65-53-51(64)49(62)52(45(40-57)67-53)68-54-50(63)48(61)47(60)44(39-56)66-54/h14,16,27,29,35,37,42-45,47-54,56-58,60-64H,3-13,15,17-26,28,30-34,36,38-41H2,1-2H3,(H,55,59)/b16-14-,29-27+,37-35+. The maximum Gasteiger partial charge on any atom is 0.220 e. The molecular weight excluding hydrogens is 871 g/mol. The van der Waals surface area contributed by atoms with Gasteiger partial charge in [-0.05, 0) is 57.8 Å². The first kappa shape index (κ1) is 62.3. The normalized spacial score (nSPS) is 26.6. The van der Waals surface area contributed by atoms with E-state index in [4.69, 9.17) is 18.9 Å². The van der Waals surface area contributed by atoms with Crippen molar-refractivity contribution in [3.63, 3.8) is 0 Å². The monoisotopic (exact) mass is 970 g/mol. The summed E-state index contributed by atoms with van der Waals surface area (Å²) in [6, 6.07) is -0.934. The third-order valence-corrected chi connectivity index (χ3v) is 13.3. The number of unbranched alkanes of at least 4 members (excludes halogenated alkanes) is 25. The molecule has 68 heavy (non-hydrogen) atoms. The van der Waals surface area contributed by atoms with Crippen LogP contribution >= 0.6 is 0 Å². The highest BCUT2D eigenvalue weighted by molar-refractivity contribution is 5.76. The second-order valence-electron chi connectivity index (χ2n) is 19.3. The van der Waals surface area contributed by atoms with Crippen LogP contribution in [0.5, 0.6) is 0 Å². The number of nitrogens with one attached hydrogen (secondary N) is 1. The summed E-state index contributed by atoms with van der Waals surface area (Å²) in [7, 11) is 0. The Morgan fingerprint density at radius 3 is 1.46 bits per heavy atom. The van der Waals surface area contributed by atoms with E-state index < -0.39 is 86.8 Å². The SMILES string of the molecule is CCCCCC/C=C\CCCCCCCC(=O)NC(COC1OC(CO)C(OC2OC(CO)C(O)C(O)C2O)C(O)C1O)C(O)/C=C/CC/C=C/CCCCCCCCCCCCCCCCC. The topological polar surface area (TPSA) is 228 Å².